The highest BCUT2D eigenvalue weighted by molar-refractivity contribution is 5.85. The van der Waals surface area contributed by atoms with E-state index in [1.165, 1.54) is 38.5 Å². The lowest BCUT2D eigenvalue weighted by atomic mass is 10.1. The van der Waals surface area contributed by atoms with Crippen LogP contribution in [0.15, 0.2) is 60.7 Å². The zero-order chi connectivity index (χ0) is 24.4. The van der Waals surface area contributed by atoms with Gasteiger partial charge in [-0.05, 0) is 59.2 Å². The highest BCUT2D eigenvalue weighted by atomic mass is 16.5. The Morgan fingerprint density at radius 1 is 0.667 bits per heavy atom. The number of carboxylic acid groups (broad SMARTS) is 1. The van der Waals surface area contributed by atoms with Crippen molar-refractivity contribution in [3.05, 3.63) is 77.4 Å². The van der Waals surface area contributed by atoms with Gasteiger partial charge in [-0.3, -0.25) is 0 Å². The molecular weight excluding hydrogens is 428 g/mol. The maximum atomic E-state index is 10.3. The van der Waals surface area contributed by atoms with Crippen LogP contribution in [0.1, 0.15) is 16.7 Å². The summed E-state index contributed by atoms with van der Waals surface area (Å²) in [5, 5.41) is 45.8. The second-order valence-electron chi connectivity index (χ2n) is 6.65. The van der Waals surface area contributed by atoms with Crippen LogP contribution in [0.4, 0.5) is 0 Å². The molecule has 0 aliphatic heterocycles. The van der Waals surface area contributed by atoms with Crippen molar-refractivity contribution in [1.29, 1.82) is 0 Å². The number of carboxylic acids is 1. The molecule has 0 unspecified atom stereocenters. The summed E-state index contributed by atoms with van der Waals surface area (Å²) in [6.07, 6.45) is 5.97. The maximum Gasteiger partial charge on any atom is 0.328 e. The molecule has 33 heavy (non-hydrogen) atoms. The second-order valence-corrected chi connectivity index (χ2v) is 6.65. The molecule has 0 aromatic heterocycles. The number of hydrogen-bond donors (Lipinski definition) is 5. The quantitative estimate of drug-likeness (QED) is 0.273. The minimum absolute atomic E-state index is 0.0235. The molecule has 8 heteroatoms. The first-order valence-electron chi connectivity index (χ1n) is 9.58. The van der Waals surface area contributed by atoms with E-state index >= 15 is 0 Å². The van der Waals surface area contributed by atoms with Crippen molar-refractivity contribution in [3.8, 4) is 34.5 Å². The van der Waals surface area contributed by atoms with Crippen molar-refractivity contribution in [2.45, 2.75) is 0 Å². The molecule has 3 aromatic rings. The van der Waals surface area contributed by atoms with Crippen LogP contribution >= 0.6 is 0 Å². The lowest BCUT2D eigenvalue weighted by Gasteiger charge is -2.09. The van der Waals surface area contributed by atoms with Crippen molar-refractivity contribution in [2.24, 2.45) is 0 Å². The van der Waals surface area contributed by atoms with Crippen LogP contribution in [0.5, 0.6) is 34.5 Å². The third-order valence-electron chi connectivity index (χ3n) is 4.21. The van der Waals surface area contributed by atoms with Gasteiger partial charge < -0.3 is 35.0 Å². The highest BCUT2D eigenvalue weighted by Crippen LogP contribution is 2.37. The number of methoxy groups -OCH3 is 2. The van der Waals surface area contributed by atoms with Gasteiger partial charge in [-0.15, -0.1) is 0 Å². The predicted octanol–water partition coefficient (Wildman–Crippen LogP) is 4.48. The van der Waals surface area contributed by atoms with Gasteiger partial charge in [0.15, 0.2) is 11.5 Å². The van der Waals surface area contributed by atoms with Crippen LogP contribution in [0, 0.1) is 0 Å². The molecule has 0 aliphatic rings. The van der Waals surface area contributed by atoms with Gasteiger partial charge in [0, 0.05) is 12.1 Å². The molecule has 0 saturated carbocycles. The third kappa shape index (κ3) is 7.87. The summed E-state index contributed by atoms with van der Waals surface area (Å²) in [6, 6.07) is 14.1. The zero-order valence-corrected chi connectivity index (χ0v) is 18.0. The monoisotopic (exact) mass is 452 g/mol. The lowest BCUT2D eigenvalue weighted by molar-refractivity contribution is -0.131. The normalized spacial score (nSPS) is 10.6. The van der Waals surface area contributed by atoms with Crippen LogP contribution in [-0.4, -0.2) is 45.7 Å². The van der Waals surface area contributed by atoms with Gasteiger partial charge in [0.1, 0.15) is 17.2 Å². The van der Waals surface area contributed by atoms with Gasteiger partial charge in [-0.25, -0.2) is 4.79 Å². The Bertz CT molecular complexity index is 1100. The van der Waals surface area contributed by atoms with E-state index in [1.807, 2.05) is 6.08 Å². The first kappa shape index (κ1) is 24.7. The molecule has 0 fully saturated rings. The molecule has 0 aliphatic carbocycles. The standard InChI is InChI=1S/C14H12O3.C11H12O5/c15-12-5-3-10(4-6-12)1-2-11-7-13(16)9-14(17)8-11;1-15-8-5-7(3-4-10(12)13)6-9(16-2)11(8)14/h1-9,15-17H;3-6,14H,1-2H3,(H,12,13)/b;4-3+. The SMILES string of the molecule is COc1cc(/C=C/C(=O)O)cc(OC)c1O.Oc1ccc(C=Cc2cc(O)cc(O)c2)cc1. The number of phenolic OH excluding ortho intramolecular Hbond substituents is 4. The van der Waals surface area contributed by atoms with Gasteiger partial charge in [-0.2, -0.15) is 0 Å². The van der Waals surface area contributed by atoms with Gasteiger partial charge >= 0.3 is 5.97 Å². The van der Waals surface area contributed by atoms with Crippen LogP contribution in [0.2, 0.25) is 0 Å². The smallest absolute Gasteiger partial charge is 0.328 e. The van der Waals surface area contributed by atoms with E-state index < -0.39 is 5.97 Å². The van der Waals surface area contributed by atoms with E-state index in [0.717, 1.165) is 11.6 Å². The van der Waals surface area contributed by atoms with Crippen molar-refractivity contribution < 1.29 is 39.8 Å². The average Bonchev–Trinajstić information content (AvgIpc) is 2.77. The van der Waals surface area contributed by atoms with E-state index in [1.54, 1.807) is 42.5 Å². The predicted molar refractivity (Wildman–Crippen MR) is 125 cm³/mol. The van der Waals surface area contributed by atoms with Crippen LogP contribution in [0.25, 0.3) is 18.2 Å². The summed E-state index contributed by atoms with van der Waals surface area (Å²) in [7, 11) is 2.80. The highest BCUT2D eigenvalue weighted by Gasteiger charge is 2.09. The largest absolute Gasteiger partial charge is 0.508 e. The van der Waals surface area contributed by atoms with Gasteiger partial charge in [0.2, 0.25) is 5.75 Å². The number of carbonyl (C=O) groups is 1. The number of rotatable bonds is 6. The molecule has 0 saturated heterocycles. The molecule has 8 nitrogen and oxygen atoms in total. The fraction of sp³-hybridized carbons (Fsp3) is 0.0800. The summed E-state index contributed by atoms with van der Waals surface area (Å²) < 4.78 is 9.85. The zero-order valence-electron chi connectivity index (χ0n) is 18.0. The maximum absolute atomic E-state index is 10.3. The van der Waals surface area contributed by atoms with Crippen molar-refractivity contribution in [3.63, 3.8) is 0 Å². The minimum Gasteiger partial charge on any atom is -0.508 e. The van der Waals surface area contributed by atoms with Crippen LogP contribution in [0.3, 0.4) is 0 Å². The molecular formula is C25H24O8. The van der Waals surface area contributed by atoms with Crippen LogP contribution < -0.4 is 9.47 Å². The Labute approximate surface area is 190 Å². The summed E-state index contributed by atoms with van der Waals surface area (Å²) >= 11 is 0. The third-order valence-corrected chi connectivity index (χ3v) is 4.21. The Kier molecular flexibility index (Phi) is 8.75. The number of ether oxygens (including phenoxy) is 2. The number of hydrogen-bond acceptors (Lipinski definition) is 7. The summed E-state index contributed by atoms with van der Waals surface area (Å²) in [6.45, 7) is 0. The molecule has 172 valence electrons. The molecule has 0 spiro atoms. The first-order valence-corrected chi connectivity index (χ1v) is 9.58. The van der Waals surface area contributed by atoms with Crippen molar-refractivity contribution in [2.75, 3.05) is 14.2 Å². The van der Waals surface area contributed by atoms with Gasteiger partial charge in [0.25, 0.3) is 0 Å². The number of phenols is 4. The van der Waals surface area contributed by atoms with Crippen molar-refractivity contribution in [1.82, 2.24) is 0 Å². The molecule has 3 rings (SSSR count). The molecule has 0 heterocycles. The number of benzene rings is 3. The number of aliphatic carboxylic acids is 1. The molecule has 3 aromatic carbocycles. The first-order chi connectivity index (χ1) is 15.7. The topological polar surface area (TPSA) is 137 Å². The summed E-state index contributed by atoms with van der Waals surface area (Å²) in [5.41, 5.74) is 2.19. The fourth-order valence-corrected chi connectivity index (χ4v) is 2.67. The van der Waals surface area contributed by atoms with E-state index in [9.17, 15) is 20.1 Å². The van der Waals surface area contributed by atoms with Gasteiger partial charge in [-0.1, -0.05) is 24.3 Å². The minimum atomic E-state index is -1.05. The van der Waals surface area contributed by atoms with E-state index in [0.29, 0.717) is 11.1 Å². The second kappa shape index (κ2) is 11.7. The molecule has 5 N–H and O–H groups in total. The average molecular weight is 452 g/mol. The van der Waals surface area contributed by atoms with E-state index in [-0.39, 0.29) is 34.5 Å². The van der Waals surface area contributed by atoms with E-state index in [4.69, 9.17) is 19.7 Å². The number of aromatic hydroxyl groups is 4. The van der Waals surface area contributed by atoms with Crippen molar-refractivity contribution >= 4 is 24.2 Å². The fourth-order valence-electron chi connectivity index (χ4n) is 2.67. The molecule has 0 atom stereocenters. The van der Waals surface area contributed by atoms with Gasteiger partial charge in [0.05, 0.1) is 14.2 Å². The van der Waals surface area contributed by atoms with E-state index in [2.05, 4.69) is 0 Å². The Hall–Kier alpha value is -4.59. The molecule has 0 amide bonds. The Balaban J connectivity index is 0.000000234. The lowest BCUT2D eigenvalue weighted by Crippen LogP contribution is -1.91. The van der Waals surface area contributed by atoms with Crippen LogP contribution in [-0.2, 0) is 4.79 Å². The summed E-state index contributed by atoms with van der Waals surface area (Å²) in [4.78, 5) is 10.3. The molecule has 0 radical (unpaired) electrons. The Morgan fingerprint density at radius 3 is 1.64 bits per heavy atom. The molecule has 0 bridgehead atoms. The Morgan fingerprint density at radius 2 is 1.15 bits per heavy atom. The summed E-state index contributed by atoms with van der Waals surface area (Å²) in [5.74, 6) is -0.444.